The van der Waals surface area contributed by atoms with Gasteiger partial charge in [0.2, 0.25) is 5.91 Å². The molecule has 1 aliphatic heterocycles. The van der Waals surface area contributed by atoms with Crippen molar-refractivity contribution in [3.8, 4) is 0 Å². The van der Waals surface area contributed by atoms with Crippen LogP contribution >= 0.6 is 0 Å². The van der Waals surface area contributed by atoms with Crippen LogP contribution in [0, 0.1) is 5.92 Å². The first kappa shape index (κ1) is 24.9. The quantitative estimate of drug-likeness (QED) is 0.698. The predicted molar refractivity (Wildman–Crippen MR) is 132 cm³/mol. The Labute approximate surface area is 206 Å². The van der Waals surface area contributed by atoms with E-state index in [-0.39, 0.29) is 23.8 Å². The van der Waals surface area contributed by atoms with Gasteiger partial charge in [-0.05, 0) is 56.6 Å². The Balaban J connectivity index is 1.52. The summed E-state index contributed by atoms with van der Waals surface area (Å²) in [6.45, 7) is 6.56. The zero-order valence-corrected chi connectivity index (χ0v) is 20.8. The van der Waals surface area contributed by atoms with Crippen LogP contribution in [0.5, 0.6) is 0 Å². The van der Waals surface area contributed by atoms with Crippen LogP contribution in [0.3, 0.4) is 0 Å². The summed E-state index contributed by atoms with van der Waals surface area (Å²) in [5.41, 5.74) is 3.08. The average molecular weight is 481 g/mol. The van der Waals surface area contributed by atoms with Crippen molar-refractivity contribution in [2.45, 2.75) is 71.4 Å². The number of hydrogen-bond donors (Lipinski definition) is 2. The molecule has 4 rings (SSSR count). The van der Waals surface area contributed by atoms with Crippen LogP contribution < -0.4 is 10.6 Å². The summed E-state index contributed by atoms with van der Waals surface area (Å²) in [7, 11) is 0. The SMILES string of the molecule is CC(C)CCn1nc2c3c1CCC(C3)NC(=O)CCCN(C(=O)c1cccnc1)CCCNC2=O. The molecule has 2 aliphatic rings. The van der Waals surface area contributed by atoms with Gasteiger partial charge in [0.05, 0.1) is 5.56 Å². The van der Waals surface area contributed by atoms with Gasteiger partial charge in [-0.15, -0.1) is 0 Å². The number of hydrogen-bond acceptors (Lipinski definition) is 5. The number of fused-ring (bicyclic) bond motifs is 1. The molecule has 2 N–H and O–H groups in total. The van der Waals surface area contributed by atoms with E-state index in [2.05, 4.69) is 29.5 Å². The molecule has 188 valence electrons. The molecular weight excluding hydrogens is 444 g/mol. The highest BCUT2D eigenvalue weighted by Crippen LogP contribution is 2.26. The third kappa shape index (κ3) is 6.26. The minimum Gasteiger partial charge on any atom is -0.353 e. The molecule has 0 aromatic carbocycles. The van der Waals surface area contributed by atoms with E-state index in [9.17, 15) is 14.4 Å². The number of carbonyl (C=O) groups excluding carboxylic acids is 3. The summed E-state index contributed by atoms with van der Waals surface area (Å²) in [4.78, 5) is 44.6. The summed E-state index contributed by atoms with van der Waals surface area (Å²) in [6.07, 6.45) is 8.00. The molecule has 35 heavy (non-hydrogen) atoms. The van der Waals surface area contributed by atoms with E-state index in [1.54, 1.807) is 29.4 Å². The van der Waals surface area contributed by atoms with Gasteiger partial charge in [-0.1, -0.05) is 13.8 Å². The number of nitrogens with one attached hydrogen (secondary N) is 2. The molecule has 0 radical (unpaired) electrons. The van der Waals surface area contributed by atoms with Gasteiger partial charge in [0.1, 0.15) is 0 Å². The van der Waals surface area contributed by atoms with Crippen LogP contribution in [0.4, 0.5) is 0 Å². The maximum absolute atomic E-state index is 13.1. The number of amides is 3. The second-order valence-corrected chi connectivity index (χ2v) is 9.93. The molecule has 9 nitrogen and oxygen atoms in total. The first-order chi connectivity index (χ1) is 16.9. The summed E-state index contributed by atoms with van der Waals surface area (Å²) in [5, 5.41) is 10.9. The van der Waals surface area contributed by atoms with Crippen LogP contribution in [-0.2, 0) is 24.2 Å². The van der Waals surface area contributed by atoms with Gasteiger partial charge in [-0.25, -0.2) is 0 Å². The highest BCUT2D eigenvalue weighted by atomic mass is 16.2. The molecule has 2 bridgehead atoms. The van der Waals surface area contributed by atoms with E-state index >= 15 is 0 Å². The van der Waals surface area contributed by atoms with E-state index in [0.29, 0.717) is 62.5 Å². The molecule has 1 aliphatic carbocycles. The Morgan fingerprint density at radius 1 is 1.20 bits per heavy atom. The molecule has 3 amide bonds. The zero-order valence-electron chi connectivity index (χ0n) is 20.8. The van der Waals surface area contributed by atoms with Crippen molar-refractivity contribution in [1.29, 1.82) is 0 Å². The number of carbonyl (C=O) groups is 3. The Bertz CT molecular complexity index is 1050. The Morgan fingerprint density at radius 2 is 2.03 bits per heavy atom. The Hall–Kier alpha value is -3.23. The van der Waals surface area contributed by atoms with Crippen LogP contribution in [0.2, 0.25) is 0 Å². The van der Waals surface area contributed by atoms with Crippen molar-refractivity contribution in [3.63, 3.8) is 0 Å². The topological polar surface area (TPSA) is 109 Å². The van der Waals surface area contributed by atoms with Crippen molar-refractivity contribution in [2.75, 3.05) is 19.6 Å². The second-order valence-electron chi connectivity index (χ2n) is 9.93. The summed E-state index contributed by atoms with van der Waals surface area (Å²) < 4.78 is 2.00. The van der Waals surface area contributed by atoms with Crippen LogP contribution in [-0.4, -0.2) is 63.1 Å². The molecule has 9 heteroatoms. The van der Waals surface area contributed by atoms with Crippen molar-refractivity contribution in [1.82, 2.24) is 30.3 Å². The standard InChI is InChI=1S/C26H36N6O3/c1-18(2)10-15-32-22-9-8-20-16-21(22)24(30-32)25(34)28-12-5-14-31(13-4-7-23(33)29-20)26(35)19-6-3-11-27-17-19/h3,6,11,17-18,20H,4-5,7-10,12-16H2,1-2H3,(H,28,34)(H,29,33). The van der Waals surface area contributed by atoms with Gasteiger partial charge in [0.15, 0.2) is 5.69 Å². The van der Waals surface area contributed by atoms with Crippen LogP contribution in [0.1, 0.15) is 78.1 Å². The van der Waals surface area contributed by atoms with Crippen molar-refractivity contribution >= 4 is 17.7 Å². The highest BCUT2D eigenvalue weighted by molar-refractivity contribution is 5.94. The van der Waals surface area contributed by atoms with Gasteiger partial charge in [0.25, 0.3) is 11.8 Å². The van der Waals surface area contributed by atoms with Gasteiger partial charge in [0, 0.05) is 62.3 Å². The van der Waals surface area contributed by atoms with E-state index in [1.807, 2.05) is 4.68 Å². The maximum atomic E-state index is 13.1. The third-order valence-corrected chi connectivity index (χ3v) is 6.76. The first-order valence-corrected chi connectivity index (χ1v) is 12.8. The highest BCUT2D eigenvalue weighted by Gasteiger charge is 2.30. The molecule has 0 saturated carbocycles. The average Bonchev–Trinajstić information content (AvgIpc) is 3.21. The number of aryl methyl sites for hydroxylation is 1. The fraction of sp³-hybridized carbons (Fsp3) is 0.577. The fourth-order valence-corrected chi connectivity index (χ4v) is 4.83. The maximum Gasteiger partial charge on any atom is 0.272 e. The third-order valence-electron chi connectivity index (χ3n) is 6.76. The minimum absolute atomic E-state index is 0.0115. The van der Waals surface area contributed by atoms with E-state index in [1.165, 1.54) is 0 Å². The molecule has 3 heterocycles. The smallest absolute Gasteiger partial charge is 0.272 e. The molecule has 2 aromatic rings. The lowest BCUT2D eigenvalue weighted by molar-refractivity contribution is -0.122. The van der Waals surface area contributed by atoms with Crippen molar-refractivity contribution < 1.29 is 14.4 Å². The van der Waals surface area contributed by atoms with E-state index in [4.69, 9.17) is 5.10 Å². The summed E-state index contributed by atoms with van der Waals surface area (Å²) >= 11 is 0. The van der Waals surface area contributed by atoms with Crippen LogP contribution in [0.25, 0.3) is 0 Å². The van der Waals surface area contributed by atoms with Gasteiger partial charge in [-0.2, -0.15) is 5.10 Å². The fourth-order valence-electron chi connectivity index (χ4n) is 4.83. The molecule has 1 atom stereocenters. The van der Waals surface area contributed by atoms with Gasteiger partial charge < -0.3 is 15.5 Å². The molecular formula is C26H36N6O3. The number of rotatable bonds is 4. The largest absolute Gasteiger partial charge is 0.353 e. The molecule has 0 saturated heterocycles. The molecule has 0 spiro atoms. The van der Waals surface area contributed by atoms with Crippen molar-refractivity contribution in [2.24, 2.45) is 5.92 Å². The van der Waals surface area contributed by atoms with Crippen molar-refractivity contribution in [3.05, 3.63) is 47.0 Å². The monoisotopic (exact) mass is 480 g/mol. The lowest BCUT2D eigenvalue weighted by Crippen LogP contribution is -2.40. The predicted octanol–water partition coefficient (Wildman–Crippen LogP) is 2.35. The van der Waals surface area contributed by atoms with E-state index < -0.39 is 0 Å². The first-order valence-electron chi connectivity index (χ1n) is 12.8. The number of pyridine rings is 1. The van der Waals surface area contributed by atoms with Gasteiger partial charge >= 0.3 is 0 Å². The number of aromatic nitrogens is 3. The van der Waals surface area contributed by atoms with Crippen LogP contribution in [0.15, 0.2) is 24.5 Å². The molecule has 1 unspecified atom stereocenters. The normalized spacial score (nSPS) is 19.5. The lowest BCUT2D eigenvalue weighted by atomic mass is 9.91. The molecule has 0 fully saturated rings. The zero-order chi connectivity index (χ0) is 24.8. The van der Waals surface area contributed by atoms with E-state index in [0.717, 1.165) is 37.1 Å². The van der Waals surface area contributed by atoms with Gasteiger partial charge in [-0.3, -0.25) is 24.0 Å². The Morgan fingerprint density at radius 3 is 2.80 bits per heavy atom. The molecule has 2 aromatic heterocycles. The summed E-state index contributed by atoms with van der Waals surface area (Å²) in [5.74, 6) is 0.239. The minimum atomic E-state index is -0.184. The second kappa shape index (κ2) is 11.5. The number of nitrogens with zero attached hydrogens (tertiary/aromatic N) is 4. The summed E-state index contributed by atoms with van der Waals surface area (Å²) in [6, 6.07) is 3.47. The Kier molecular flexibility index (Phi) is 8.15. The lowest BCUT2D eigenvalue weighted by Gasteiger charge is -2.25.